The van der Waals surface area contributed by atoms with E-state index < -0.39 is 5.60 Å². The minimum absolute atomic E-state index is 0.191. The van der Waals surface area contributed by atoms with E-state index in [4.69, 9.17) is 4.74 Å². The normalized spacial score (nSPS) is 18.7. The van der Waals surface area contributed by atoms with E-state index in [0.29, 0.717) is 0 Å². The van der Waals surface area contributed by atoms with Crippen molar-refractivity contribution in [2.75, 3.05) is 19.6 Å². The van der Waals surface area contributed by atoms with Crippen molar-refractivity contribution in [2.45, 2.75) is 51.7 Å². The molecule has 6 heteroatoms. The summed E-state index contributed by atoms with van der Waals surface area (Å²) in [6, 6.07) is 2.27. The lowest BCUT2D eigenvalue weighted by Crippen LogP contribution is -2.44. The van der Waals surface area contributed by atoms with E-state index in [1.54, 1.807) is 0 Å². The minimum atomic E-state index is -0.433. The number of nitrogens with zero attached hydrogens (tertiary/aromatic N) is 3. The van der Waals surface area contributed by atoms with Crippen LogP contribution in [0.25, 0.3) is 0 Å². The Morgan fingerprint density at radius 2 is 2.27 bits per heavy atom. The lowest BCUT2D eigenvalue weighted by molar-refractivity contribution is 0.0227. The smallest absolute Gasteiger partial charge is 0.410 e. The highest BCUT2D eigenvalue weighted by atomic mass is 16.6. The fraction of sp³-hybridized carbons (Fsp3) is 0.750. The molecule has 1 unspecified atom stereocenters. The molecule has 0 radical (unpaired) electrons. The van der Waals surface area contributed by atoms with Crippen molar-refractivity contribution in [3.05, 3.63) is 18.0 Å². The fourth-order valence-corrected chi connectivity index (χ4v) is 2.74. The van der Waals surface area contributed by atoms with Gasteiger partial charge in [-0.3, -0.25) is 4.68 Å². The number of hydrogen-bond donors (Lipinski definition) is 1. The first-order valence-electron chi connectivity index (χ1n) is 8.04. The van der Waals surface area contributed by atoms with Crippen LogP contribution in [0, 0.1) is 0 Å². The van der Waals surface area contributed by atoms with E-state index in [2.05, 4.69) is 10.4 Å². The van der Waals surface area contributed by atoms with Gasteiger partial charge in [0.15, 0.2) is 0 Å². The van der Waals surface area contributed by atoms with Gasteiger partial charge in [-0.25, -0.2) is 4.79 Å². The second kappa shape index (κ2) is 7.13. The molecule has 6 nitrogen and oxygen atoms in total. The number of nitrogens with one attached hydrogen (secondary N) is 1. The lowest BCUT2D eigenvalue weighted by Gasteiger charge is -2.28. The van der Waals surface area contributed by atoms with Crippen LogP contribution in [0.5, 0.6) is 0 Å². The number of aryl methyl sites for hydroxylation is 1. The Labute approximate surface area is 132 Å². The highest BCUT2D eigenvalue weighted by molar-refractivity contribution is 5.69. The molecule has 1 aliphatic heterocycles. The van der Waals surface area contributed by atoms with Crippen LogP contribution in [0.3, 0.4) is 0 Å². The zero-order valence-corrected chi connectivity index (χ0v) is 14.1. The summed E-state index contributed by atoms with van der Waals surface area (Å²) < 4.78 is 7.37. The Morgan fingerprint density at radius 3 is 2.91 bits per heavy atom. The van der Waals surface area contributed by atoms with Gasteiger partial charge in [-0.1, -0.05) is 0 Å². The summed E-state index contributed by atoms with van der Waals surface area (Å²) in [4.78, 5) is 14.1. The molecular formula is C16H28N4O2. The van der Waals surface area contributed by atoms with Crippen molar-refractivity contribution in [1.82, 2.24) is 20.0 Å². The van der Waals surface area contributed by atoms with Crippen LogP contribution < -0.4 is 5.32 Å². The maximum atomic E-state index is 12.2. The van der Waals surface area contributed by atoms with E-state index in [0.717, 1.165) is 38.9 Å². The van der Waals surface area contributed by atoms with Crippen LogP contribution in [-0.2, 0) is 18.2 Å². The van der Waals surface area contributed by atoms with Gasteiger partial charge in [-0.05, 0) is 39.7 Å². The topological polar surface area (TPSA) is 59.4 Å². The Balaban J connectivity index is 1.74. The summed E-state index contributed by atoms with van der Waals surface area (Å²) in [6.45, 7) is 8.21. The molecule has 1 saturated heterocycles. The van der Waals surface area contributed by atoms with E-state index in [-0.39, 0.29) is 12.1 Å². The molecule has 1 N–H and O–H groups in total. The zero-order chi connectivity index (χ0) is 16.2. The van der Waals surface area contributed by atoms with Crippen LogP contribution in [0.2, 0.25) is 0 Å². The van der Waals surface area contributed by atoms with Crippen molar-refractivity contribution in [2.24, 2.45) is 7.05 Å². The highest BCUT2D eigenvalue weighted by Crippen LogP contribution is 2.20. The second-order valence-electron chi connectivity index (χ2n) is 6.87. The van der Waals surface area contributed by atoms with Gasteiger partial charge in [0, 0.05) is 51.0 Å². The minimum Gasteiger partial charge on any atom is -0.444 e. The quantitative estimate of drug-likeness (QED) is 0.845. The third-order valence-corrected chi connectivity index (χ3v) is 3.87. The maximum absolute atomic E-state index is 12.2. The Bertz CT molecular complexity index is 493. The number of aromatic nitrogens is 2. The number of carbonyl (C=O) groups excluding carboxylic acids is 1. The van der Waals surface area contributed by atoms with Gasteiger partial charge in [0.25, 0.3) is 0 Å². The first kappa shape index (κ1) is 16.8. The molecule has 0 spiro atoms. The molecule has 2 heterocycles. The largest absolute Gasteiger partial charge is 0.444 e. The lowest BCUT2D eigenvalue weighted by atomic mass is 10.2. The summed E-state index contributed by atoms with van der Waals surface area (Å²) >= 11 is 0. The third kappa shape index (κ3) is 4.73. The molecule has 0 aliphatic carbocycles. The van der Waals surface area contributed by atoms with Crippen molar-refractivity contribution >= 4 is 6.09 Å². The van der Waals surface area contributed by atoms with Gasteiger partial charge in [-0.15, -0.1) is 0 Å². The van der Waals surface area contributed by atoms with Crippen molar-refractivity contribution in [3.63, 3.8) is 0 Å². The fourth-order valence-electron chi connectivity index (χ4n) is 2.74. The number of carbonyl (C=O) groups is 1. The van der Waals surface area contributed by atoms with Gasteiger partial charge >= 0.3 is 6.09 Å². The van der Waals surface area contributed by atoms with Crippen LogP contribution in [0.1, 0.15) is 39.3 Å². The first-order valence-corrected chi connectivity index (χ1v) is 8.04. The maximum Gasteiger partial charge on any atom is 0.410 e. The molecule has 124 valence electrons. The predicted molar refractivity (Wildman–Crippen MR) is 85.7 cm³/mol. The monoisotopic (exact) mass is 308 g/mol. The Morgan fingerprint density at radius 1 is 1.50 bits per heavy atom. The summed E-state index contributed by atoms with van der Waals surface area (Å²) in [5.74, 6) is 0. The van der Waals surface area contributed by atoms with Gasteiger partial charge in [0.1, 0.15) is 5.60 Å². The predicted octanol–water partition coefficient (Wildman–Crippen LogP) is 1.95. The van der Waals surface area contributed by atoms with Crippen LogP contribution in [0.4, 0.5) is 4.79 Å². The summed E-state index contributed by atoms with van der Waals surface area (Å²) in [5.41, 5.74) is 0.778. The third-order valence-electron chi connectivity index (χ3n) is 3.87. The second-order valence-corrected chi connectivity index (χ2v) is 6.87. The molecule has 1 atom stereocenters. The molecule has 1 aliphatic rings. The summed E-state index contributed by atoms with van der Waals surface area (Å²) in [7, 11) is 1.95. The molecule has 1 amide bonds. The van der Waals surface area contributed by atoms with Crippen LogP contribution in [0.15, 0.2) is 12.3 Å². The highest BCUT2D eigenvalue weighted by Gasteiger charge is 2.31. The standard InChI is InChI=1S/C16H28N4O2/c1-16(2,3)22-15(21)20-11-5-6-14(20)12-17-9-7-13-8-10-18-19(13)4/h8,10,14,17H,5-7,9,11-12H2,1-4H3. The number of rotatable bonds is 5. The molecular weight excluding hydrogens is 280 g/mol. The van der Waals surface area contributed by atoms with Gasteiger partial charge in [-0.2, -0.15) is 5.10 Å². The van der Waals surface area contributed by atoms with E-state index in [1.165, 1.54) is 5.69 Å². The molecule has 0 bridgehead atoms. The number of hydrogen-bond acceptors (Lipinski definition) is 4. The average molecular weight is 308 g/mol. The average Bonchev–Trinajstić information content (AvgIpc) is 3.02. The van der Waals surface area contributed by atoms with E-state index in [9.17, 15) is 4.79 Å². The molecule has 1 fully saturated rings. The first-order chi connectivity index (χ1) is 10.4. The van der Waals surface area contributed by atoms with Crippen molar-refractivity contribution in [3.8, 4) is 0 Å². The summed E-state index contributed by atoms with van der Waals surface area (Å²) in [5, 5.41) is 7.61. The Hall–Kier alpha value is -1.56. The molecule has 0 aromatic carbocycles. The number of amides is 1. The molecule has 2 rings (SSSR count). The van der Waals surface area contributed by atoms with E-state index >= 15 is 0 Å². The SMILES string of the molecule is Cn1nccc1CCNCC1CCCN1C(=O)OC(C)(C)C. The zero-order valence-electron chi connectivity index (χ0n) is 14.1. The molecule has 22 heavy (non-hydrogen) atoms. The van der Waals surface area contributed by atoms with Crippen LogP contribution >= 0.6 is 0 Å². The van der Waals surface area contributed by atoms with E-state index in [1.807, 2.05) is 49.7 Å². The van der Waals surface area contributed by atoms with Crippen molar-refractivity contribution in [1.29, 1.82) is 0 Å². The van der Waals surface area contributed by atoms with Crippen LogP contribution in [-0.4, -0.2) is 52.1 Å². The summed E-state index contributed by atoms with van der Waals surface area (Å²) in [6.07, 6.45) is 4.65. The molecule has 1 aromatic rings. The Kier molecular flexibility index (Phi) is 5.45. The van der Waals surface area contributed by atoms with Gasteiger partial charge < -0.3 is 15.0 Å². The van der Waals surface area contributed by atoms with Gasteiger partial charge in [0.2, 0.25) is 0 Å². The number of likely N-dealkylation sites (tertiary alicyclic amines) is 1. The van der Waals surface area contributed by atoms with Gasteiger partial charge in [0.05, 0.1) is 0 Å². The van der Waals surface area contributed by atoms with Crippen molar-refractivity contribution < 1.29 is 9.53 Å². The molecule has 1 aromatic heterocycles. The molecule has 0 saturated carbocycles. The number of ether oxygens (including phenoxy) is 1.